The van der Waals surface area contributed by atoms with Gasteiger partial charge in [-0.15, -0.1) is 0 Å². The van der Waals surface area contributed by atoms with Crippen LogP contribution in [0, 0.1) is 5.92 Å². The minimum atomic E-state index is 0.0579. The van der Waals surface area contributed by atoms with Crippen LogP contribution in [-0.4, -0.2) is 43.2 Å². The van der Waals surface area contributed by atoms with Gasteiger partial charge >= 0.3 is 0 Å². The monoisotopic (exact) mass is 386 g/mol. The number of nitrogens with one attached hydrogen (secondary N) is 1. The van der Waals surface area contributed by atoms with Crippen molar-refractivity contribution in [2.45, 2.75) is 17.9 Å². The number of nitrogens with zero attached hydrogens (tertiary/aromatic N) is 2. The molecule has 0 bridgehead atoms. The summed E-state index contributed by atoms with van der Waals surface area (Å²) in [5.74, 6) is 0.711. The molecule has 1 fully saturated rings. The first-order valence-corrected chi connectivity index (χ1v) is 9.06. The van der Waals surface area contributed by atoms with Gasteiger partial charge in [0, 0.05) is 31.1 Å². The first-order chi connectivity index (χ1) is 11.5. The first kappa shape index (κ1) is 19.1. The van der Waals surface area contributed by atoms with E-state index in [1.165, 1.54) is 11.8 Å². The highest BCUT2D eigenvalue weighted by molar-refractivity contribution is 8.03. The zero-order valence-electron chi connectivity index (χ0n) is 13.5. The van der Waals surface area contributed by atoms with Gasteiger partial charge < -0.3 is 16.0 Å². The van der Waals surface area contributed by atoms with Crippen LogP contribution in [0.15, 0.2) is 39.3 Å². The van der Waals surface area contributed by atoms with Crippen LogP contribution in [0.1, 0.15) is 6.92 Å². The second-order valence-corrected chi connectivity index (χ2v) is 7.42. The zero-order chi connectivity index (χ0) is 17.7. The molecule has 2 atom stereocenters. The summed E-state index contributed by atoms with van der Waals surface area (Å²) in [5, 5.41) is 4.77. The quantitative estimate of drug-likeness (QED) is 0.352. The molecule has 0 amide bonds. The molecule has 8 heteroatoms. The largest absolute Gasteiger partial charge is 0.381 e. The van der Waals surface area contributed by atoms with Gasteiger partial charge in [0.05, 0.1) is 21.3 Å². The van der Waals surface area contributed by atoms with E-state index >= 15 is 0 Å². The molecule has 1 aromatic rings. The normalized spacial score (nSPS) is 22.0. The van der Waals surface area contributed by atoms with Crippen LogP contribution in [0.25, 0.3) is 0 Å². The molecule has 0 aromatic heterocycles. The number of carbonyl (C=O) groups excluding carboxylic acids is 1. The molecule has 1 aliphatic heterocycles. The summed E-state index contributed by atoms with van der Waals surface area (Å²) in [6, 6.07) is 5.49. The van der Waals surface area contributed by atoms with Crippen molar-refractivity contribution in [2.75, 3.05) is 20.1 Å². The molecular formula is C16H20Cl2N4OS. The Morgan fingerprint density at radius 1 is 1.46 bits per heavy atom. The van der Waals surface area contributed by atoms with Crippen LogP contribution in [0.2, 0.25) is 10.0 Å². The summed E-state index contributed by atoms with van der Waals surface area (Å²) >= 11 is 13.6. The van der Waals surface area contributed by atoms with E-state index in [2.05, 4.69) is 17.2 Å². The maximum absolute atomic E-state index is 11.4. The number of aldehydes is 1. The maximum Gasteiger partial charge on any atom is 0.185 e. The number of halogens is 2. The zero-order valence-corrected chi connectivity index (χ0v) is 15.8. The SMILES string of the molecule is CN/C(=C\N=C(C=O)N1CC(C)C(N)C1)Sc1cccc(Cl)c1Cl. The molecule has 130 valence electrons. The molecular weight excluding hydrogens is 367 g/mol. The van der Waals surface area contributed by atoms with E-state index in [9.17, 15) is 4.79 Å². The van der Waals surface area contributed by atoms with Crippen molar-refractivity contribution in [1.29, 1.82) is 0 Å². The van der Waals surface area contributed by atoms with E-state index < -0.39 is 0 Å². The van der Waals surface area contributed by atoms with Gasteiger partial charge in [0.25, 0.3) is 0 Å². The highest BCUT2D eigenvalue weighted by Gasteiger charge is 2.28. The van der Waals surface area contributed by atoms with Gasteiger partial charge in [0.2, 0.25) is 0 Å². The van der Waals surface area contributed by atoms with Crippen LogP contribution in [0.4, 0.5) is 0 Å². The Balaban J connectivity index is 2.16. The van der Waals surface area contributed by atoms with E-state index in [0.717, 1.165) is 22.8 Å². The standard InChI is InChI=1S/C16H20Cl2N4OS/c1-10-7-22(8-12(10)19)14(9-23)21-6-15(20-2)24-13-5-3-4-11(17)16(13)18/h3-6,9-10,12,20H,7-8,19H2,1-2H3/b15-6+,21-14?. The lowest BCUT2D eigenvalue weighted by Crippen LogP contribution is -2.32. The predicted molar refractivity (Wildman–Crippen MR) is 102 cm³/mol. The average molecular weight is 387 g/mol. The van der Waals surface area contributed by atoms with Crippen molar-refractivity contribution in [3.05, 3.63) is 39.5 Å². The van der Waals surface area contributed by atoms with Crippen molar-refractivity contribution in [1.82, 2.24) is 10.2 Å². The Labute approximate surface area is 156 Å². The third-order valence-electron chi connectivity index (χ3n) is 3.80. The Morgan fingerprint density at radius 2 is 2.21 bits per heavy atom. The first-order valence-electron chi connectivity index (χ1n) is 7.49. The van der Waals surface area contributed by atoms with Gasteiger partial charge in [0.1, 0.15) is 0 Å². The fraction of sp³-hybridized carbons (Fsp3) is 0.375. The summed E-state index contributed by atoms with van der Waals surface area (Å²) < 4.78 is 0. The topological polar surface area (TPSA) is 70.7 Å². The molecule has 1 heterocycles. The molecule has 1 saturated heterocycles. The van der Waals surface area contributed by atoms with E-state index in [1.54, 1.807) is 19.3 Å². The smallest absolute Gasteiger partial charge is 0.185 e. The van der Waals surface area contributed by atoms with Crippen LogP contribution < -0.4 is 11.1 Å². The number of likely N-dealkylation sites (tertiary alicyclic amines) is 1. The lowest BCUT2D eigenvalue weighted by Gasteiger charge is -2.15. The van der Waals surface area contributed by atoms with Crippen LogP contribution in [0.5, 0.6) is 0 Å². The Kier molecular flexibility index (Phi) is 6.98. The van der Waals surface area contributed by atoms with Crippen molar-refractivity contribution in [3.8, 4) is 0 Å². The number of hydrogen-bond donors (Lipinski definition) is 2. The van der Waals surface area contributed by atoms with Gasteiger partial charge in [-0.05, 0) is 18.1 Å². The Morgan fingerprint density at radius 3 is 2.79 bits per heavy atom. The Bertz CT molecular complexity index is 655. The molecule has 2 rings (SSSR count). The van der Waals surface area contributed by atoms with Gasteiger partial charge in [-0.25, -0.2) is 4.99 Å². The molecule has 3 N–H and O–H groups in total. The average Bonchev–Trinajstić information content (AvgIpc) is 2.90. The molecule has 0 saturated carbocycles. The highest BCUT2D eigenvalue weighted by atomic mass is 35.5. The molecule has 0 radical (unpaired) electrons. The highest BCUT2D eigenvalue weighted by Crippen LogP contribution is 2.35. The molecule has 2 unspecified atom stereocenters. The number of thioether (sulfide) groups is 1. The predicted octanol–water partition coefficient (Wildman–Crippen LogP) is 2.98. The summed E-state index contributed by atoms with van der Waals surface area (Å²) in [6.07, 6.45) is 2.37. The van der Waals surface area contributed by atoms with Gasteiger partial charge in [0.15, 0.2) is 12.1 Å². The van der Waals surface area contributed by atoms with Gasteiger partial charge in [-0.1, -0.05) is 48.0 Å². The molecule has 0 aliphatic carbocycles. The number of carbonyl (C=O) groups is 1. The summed E-state index contributed by atoms with van der Waals surface area (Å²) in [7, 11) is 1.78. The molecule has 1 aliphatic rings. The summed E-state index contributed by atoms with van der Waals surface area (Å²) in [6.45, 7) is 3.43. The number of aliphatic imine (C=N–C) groups is 1. The Hall–Kier alpha value is -1.21. The van der Waals surface area contributed by atoms with Crippen LogP contribution in [-0.2, 0) is 4.79 Å². The number of nitrogens with two attached hydrogens (primary N) is 1. The van der Waals surface area contributed by atoms with Crippen LogP contribution >= 0.6 is 35.0 Å². The maximum atomic E-state index is 11.4. The van der Waals surface area contributed by atoms with Crippen molar-refractivity contribution in [2.24, 2.45) is 16.6 Å². The summed E-state index contributed by atoms with van der Waals surface area (Å²) in [5.41, 5.74) is 6.00. The van der Waals surface area contributed by atoms with Crippen molar-refractivity contribution >= 4 is 47.1 Å². The van der Waals surface area contributed by atoms with E-state index in [0.29, 0.717) is 28.3 Å². The number of benzene rings is 1. The van der Waals surface area contributed by atoms with Crippen LogP contribution in [0.3, 0.4) is 0 Å². The molecule has 5 nitrogen and oxygen atoms in total. The number of rotatable bonds is 5. The number of hydrogen-bond acceptors (Lipinski definition) is 5. The van der Waals surface area contributed by atoms with Gasteiger partial charge in [-0.3, -0.25) is 4.79 Å². The number of amidine groups is 1. The van der Waals surface area contributed by atoms with E-state index in [-0.39, 0.29) is 6.04 Å². The van der Waals surface area contributed by atoms with E-state index in [1.807, 2.05) is 17.0 Å². The van der Waals surface area contributed by atoms with E-state index in [4.69, 9.17) is 28.9 Å². The fourth-order valence-corrected chi connectivity index (χ4v) is 3.58. The molecule has 0 spiro atoms. The van der Waals surface area contributed by atoms with Crippen molar-refractivity contribution < 1.29 is 4.79 Å². The lowest BCUT2D eigenvalue weighted by atomic mass is 10.1. The third kappa shape index (κ3) is 4.66. The van der Waals surface area contributed by atoms with Crippen molar-refractivity contribution in [3.63, 3.8) is 0 Å². The third-order valence-corrected chi connectivity index (χ3v) is 5.82. The summed E-state index contributed by atoms with van der Waals surface area (Å²) in [4.78, 5) is 18.4. The second kappa shape index (κ2) is 8.76. The second-order valence-electron chi connectivity index (χ2n) is 5.55. The van der Waals surface area contributed by atoms with Gasteiger partial charge in [-0.2, -0.15) is 0 Å². The fourth-order valence-electron chi connectivity index (χ4n) is 2.31. The minimum absolute atomic E-state index is 0.0579. The lowest BCUT2D eigenvalue weighted by molar-refractivity contribution is -0.103. The molecule has 24 heavy (non-hydrogen) atoms. The minimum Gasteiger partial charge on any atom is -0.381 e. The molecule has 1 aromatic carbocycles.